The molecule has 0 bridgehead atoms. The number of amidine groups is 2. The van der Waals surface area contributed by atoms with Crippen LogP contribution in [0.15, 0.2) is 47.0 Å². The number of methoxy groups -OCH3 is 1. The van der Waals surface area contributed by atoms with Gasteiger partial charge in [0.15, 0.2) is 0 Å². The van der Waals surface area contributed by atoms with E-state index in [1.54, 1.807) is 25.5 Å². The minimum atomic E-state index is -3.19. The Hall–Kier alpha value is -3.62. The van der Waals surface area contributed by atoms with Crippen LogP contribution in [0.5, 0.6) is 6.01 Å². The maximum Gasteiger partial charge on any atom is 0.316 e. The Morgan fingerprint density at radius 1 is 1.14 bits per heavy atom. The summed E-state index contributed by atoms with van der Waals surface area (Å²) in [5, 5.41) is 3.15. The predicted molar refractivity (Wildman–Crippen MR) is 135 cm³/mol. The lowest BCUT2D eigenvalue weighted by Crippen LogP contribution is -2.47. The first kappa shape index (κ1) is 26.0. The standard InChI is InChI=1S/C21H30N10O3S/c1-14(22)27-15(2)28-19(23)18-9-16(13-30-5-7-31(8-6-30)35(4,32)33)10-24-20(18)29-17-11-25-21(34-3)26-12-17/h9-12H,1,5-8,13,22H2,2-4H3,(H,24,29)(H2,23,27,28). The van der Waals surface area contributed by atoms with Crippen LogP contribution in [0, 0.1) is 0 Å². The first-order chi connectivity index (χ1) is 16.5. The van der Waals surface area contributed by atoms with Crippen LogP contribution in [-0.2, 0) is 16.6 Å². The van der Waals surface area contributed by atoms with Gasteiger partial charge in [-0.15, -0.1) is 0 Å². The molecule has 1 aliphatic rings. The van der Waals surface area contributed by atoms with E-state index in [1.165, 1.54) is 17.7 Å². The van der Waals surface area contributed by atoms with Crippen molar-refractivity contribution >= 4 is 33.2 Å². The second-order valence-corrected chi connectivity index (χ2v) is 9.89. The summed E-state index contributed by atoms with van der Waals surface area (Å²) in [6, 6.07) is 2.12. The van der Waals surface area contributed by atoms with E-state index < -0.39 is 10.0 Å². The van der Waals surface area contributed by atoms with E-state index in [4.69, 9.17) is 16.2 Å². The number of sulfonamides is 1. The van der Waals surface area contributed by atoms with E-state index in [9.17, 15) is 8.42 Å². The van der Waals surface area contributed by atoms with Crippen molar-refractivity contribution in [2.45, 2.75) is 13.5 Å². The van der Waals surface area contributed by atoms with Gasteiger partial charge in [0.1, 0.15) is 23.3 Å². The Kier molecular flexibility index (Phi) is 8.32. The van der Waals surface area contributed by atoms with Gasteiger partial charge < -0.3 is 21.5 Å². The summed E-state index contributed by atoms with van der Waals surface area (Å²) in [6.07, 6.45) is 6.08. The lowest BCUT2D eigenvalue weighted by atomic mass is 10.1. The highest BCUT2D eigenvalue weighted by Crippen LogP contribution is 2.21. The van der Waals surface area contributed by atoms with Crippen LogP contribution in [0.25, 0.3) is 0 Å². The third kappa shape index (κ3) is 7.43. The topological polar surface area (TPSA) is 177 Å². The molecule has 0 saturated carbocycles. The molecule has 0 radical (unpaired) electrons. The molecule has 1 saturated heterocycles. The number of piperazine rings is 1. The van der Waals surface area contributed by atoms with Gasteiger partial charge in [0.05, 0.1) is 37.0 Å². The van der Waals surface area contributed by atoms with Gasteiger partial charge in [-0.2, -0.15) is 4.31 Å². The smallest absolute Gasteiger partial charge is 0.316 e. The van der Waals surface area contributed by atoms with Crippen LogP contribution >= 0.6 is 0 Å². The van der Waals surface area contributed by atoms with Gasteiger partial charge in [0, 0.05) is 38.9 Å². The fraction of sp³-hybridized carbons (Fsp3) is 0.381. The molecule has 35 heavy (non-hydrogen) atoms. The van der Waals surface area contributed by atoms with E-state index >= 15 is 0 Å². The van der Waals surface area contributed by atoms with E-state index in [0.29, 0.717) is 55.6 Å². The van der Waals surface area contributed by atoms with Crippen molar-refractivity contribution in [3.63, 3.8) is 0 Å². The normalized spacial score (nSPS) is 16.2. The van der Waals surface area contributed by atoms with Crippen molar-refractivity contribution in [3.8, 4) is 6.01 Å². The highest BCUT2D eigenvalue weighted by atomic mass is 32.2. The summed E-state index contributed by atoms with van der Waals surface area (Å²) in [6.45, 7) is 7.89. The highest BCUT2D eigenvalue weighted by Gasteiger charge is 2.23. The van der Waals surface area contributed by atoms with Gasteiger partial charge in [-0.25, -0.2) is 33.4 Å². The summed E-state index contributed by atoms with van der Waals surface area (Å²) in [5.41, 5.74) is 13.9. The summed E-state index contributed by atoms with van der Waals surface area (Å²) in [7, 11) is -1.71. The zero-order valence-corrected chi connectivity index (χ0v) is 20.8. The molecule has 188 valence electrons. The minimum absolute atomic E-state index is 0.118. The lowest BCUT2D eigenvalue weighted by Gasteiger charge is -2.33. The molecular formula is C21H30N10O3S. The third-order valence-electron chi connectivity index (χ3n) is 5.09. The zero-order valence-electron chi connectivity index (χ0n) is 20.0. The molecule has 2 aromatic heterocycles. The molecule has 0 amide bonds. The van der Waals surface area contributed by atoms with Crippen LogP contribution in [-0.4, -0.2) is 83.8 Å². The molecular weight excluding hydrogens is 472 g/mol. The number of hydrogen-bond acceptors (Lipinski definition) is 10. The first-order valence-corrected chi connectivity index (χ1v) is 12.5. The second kappa shape index (κ2) is 11.2. The summed E-state index contributed by atoms with van der Waals surface area (Å²) in [4.78, 5) is 23.2. The van der Waals surface area contributed by atoms with E-state index in [2.05, 4.69) is 41.7 Å². The highest BCUT2D eigenvalue weighted by molar-refractivity contribution is 7.88. The molecule has 0 spiro atoms. The average Bonchev–Trinajstić information content (AvgIpc) is 2.79. The van der Waals surface area contributed by atoms with Crippen LogP contribution in [0.2, 0.25) is 0 Å². The number of rotatable bonds is 8. The molecule has 14 heteroatoms. The molecule has 5 N–H and O–H groups in total. The molecule has 3 rings (SSSR count). The Balaban J connectivity index is 1.86. The lowest BCUT2D eigenvalue weighted by molar-refractivity contribution is 0.182. The number of aromatic nitrogens is 3. The number of nitrogens with zero attached hydrogens (tertiary/aromatic N) is 7. The van der Waals surface area contributed by atoms with Gasteiger partial charge in [-0.1, -0.05) is 6.58 Å². The number of aliphatic imine (C=N–C) groups is 2. The van der Waals surface area contributed by atoms with Crippen molar-refractivity contribution in [3.05, 3.63) is 48.2 Å². The minimum Gasteiger partial charge on any atom is -0.467 e. The quantitative estimate of drug-likeness (QED) is 0.335. The van der Waals surface area contributed by atoms with Gasteiger partial charge >= 0.3 is 6.01 Å². The largest absolute Gasteiger partial charge is 0.467 e. The second-order valence-electron chi connectivity index (χ2n) is 7.91. The van der Waals surface area contributed by atoms with Crippen LogP contribution in [0.1, 0.15) is 18.1 Å². The summed E-state index contributed by atoms with van der Waals surface area (Å²) in [5.74, 6) is 1.09. The van der Waals surface area contributed by atoms with Crippen molar-refractivity contribution in [1.82, 2.24) is 24.2 Å². The fourth-order valence-electron chi connectivity index (χ4n) is 3.46. The van der Waals surface area contributed by atoms with Crippen molar-refractivity contribution in [2.75, 3.05) is 44.9 Å². The van der Waals surface area contributed by atoms with Gasteiger partial charge in [0.2, 0.25) is 10.0 Å². The number of anilines is 2. The number of hydrogen-bond donors (Lipinski definition) is 3. The summed E-state index contributed by atoms with van der Waals surface area (Å²) >= 11 is 0. The van der Waals surface area contributed by atoms with Crippen molar-refractivity contribution in [1.29, 1.82) is 0 Å². The molecule has 3 heterocycles. The third-order valence-corrected chi connectivity index (χ3v) is 6.39. The van der Waals surface area contributed by atoms with E-state index in [1.807, 2.05) is 6.07 Å². The molecule has 1 aliphatic heterocycles. The number of nitrogens with two attached hydrogens (primary N) is 2. The number of ether oxygens (including phenoxy) is 1. The average molecular weight is 503 g/mol. The zero-order chi connectivity index (χ0) is 25.6. The van der Waals surface area contributed by atoms with Gasteiger partial charge in [-0.3, -0.25) is 4.90 Å². The SMILES string of the molecule is C=C(N)/N=C(C)\N=C(/N)c1cc(CN2CCN(S(C)(=O)=O)CC2)cnc1Nc1cnc(OC)nc1. The maximum absolute atomic E-state index is 11.8. The van der Waals surface area contributed by atoms with E-state index in [-0.39, 0.29) is 17.7 Å². The number of nitrogens with one attached hydrogen (secondary N) is 1. The Labute approximate surface area is 204 Å². The summed E-state index contributed by atoms with van der Waals surface area (Å²) < 4.78 is 30.0. The van der Waals surface area contributed by atoms with Crippen molar-refractivity contribution < 1.29 is 13.2 Å². The fourth-order valence-corrected chi connectivity index (χ4v) is 4.28. The molecule has 13 nitrogen and oxygen atoms in total. The molecule has 0 aromatic carbocycles. The number of pyridine rings is 1. The Morgan fingerprint density at radius 2 is 1.80 bits per heavy atom. The monoisotopic (exact) mass is 502 g/mol. The van der Waals surface area contributed by atoms with Crippen LogP contribution in [0.3, 0.4) is 0 Å². The maximum atomic E-state index is 11.8. The predicted octanol–water partition coefficient (Wildman–Crippen LogP) is 0.255. The molecule has 0 unspecified atom stereocenters. The molecule has 2 aromatic rings. The Bertz CT molecular complexity index is 1220. The van der Waals surface area contributed by atoms with Gasteiger partial charge in [-0.05, 0) is 18.6 Å². The van der Waals surface area contributed by atoms with Crippen molar-refractivity contribution in [2.24, 2.45) is 21.5 Å². The first-order valence-electron chi connectivity index (χ1n) is 10.7. The molecule has 0 atom stereocenters. The van der Waals surface area contributed by atoms with E-state index in [0.717, 1.165) is 5.56 Å². The van der Waals surface area contributed by atoms with Crippen LogP contribution in [0.4, 0.5) is 11.5 Å². The molecule has 1 fully saturated rings. The Morgan fingerprint density at radius 3 is 2.37 bits per heavy atom. The van der Waals surface area contributed by atoms with Crippen LogP contribution < -0.4 is 21.5 Å². The van der Waals surface area contributed by atoms with Gasteiger partial charge in [0.25, 0.3) is 0 Å². The molecule has 0 aliphatic carbocycles.